The highest BCUT2D eigenvalue weighted by atomic mass is 19.4. The van der Waals surface area contributed by atoms with Crippen molar-refractivity contribution in [3.8, 4) is 11.5 Å². The molecule has 0 aromatic heterocycles. The fourth-order valence-corrected chi connectivity index (χ4v) is 3.30. The van der Waals surface area contributed by atoms with Gasteiger partial charge in [0.05, 0.1) is 19.8 Å². The summed E-state index contributed by atoms with van der Waals surface area (Å²) < 4.78 is 49.1. The van der Waals surface area contributed by atoms with Gasteiger partial charge in [-0.05, 0) is 48.2 Å². The van der Waals surface area contributed by atoms with Crippen LogP contribution in [0.2, 0.25) is 0 Å². The Kier molecular flexibility index (Phi) is 9.21. The lowest BCUT2D eigenvalue weighted by Gasteiger charge is -2.23. The van der Waals surface area contributed by atoms with Crippen molar-refractivity contribution in [2.75, 3.05) is 20.8 Å². The third-order valence-electron chi connectivity index (χ3n) is 5.12. The van der Waals surface area contributed by atoms with Crippen LogP contribution in [0.15, 0.2) is 42.5 Å². The van der Waals surface area contributed by atoms with Crippen LogP contribution in [0.4, 0.5) is 13.2 Å². The number of unbranched alkanes of at least 4 members (excludes halogenated alkanes) is 2. The summed E-state index contributed by atoms with van der Waals surface area (Å²) in [6.45, 7) is 2.80. The van der Waals surface area contributed by atoms with Gasteiger partial charge < -0.3 is 14.4 Å². The number of hydrogen-bond acceptors (Lipinski definition) is 3. The maximum absolute atomic E-state index is 12.8. The molecule has 2 aromatic rings. The summed E-state index contributed by atoms with van der Waals surface area (Å²) in [5.74, 6) is 1.25. The minimum atomic E-state index is -4.37. The number of hydrogen-bond donors (Lipinski definition) is 0. The number of alkyl halides is 3. The first-order valence-electron chi connectivity index (χ1n) is 10.4. The fraction of sp³-hybridized carbons (Fsp3) is 0.458. The lowest BCUT2D eigenvalue weighted by Crippen LogP contribution is -2.32. The van der Waals surface area contributed by atoms with Gasteiger partial charge in [0.1, 0.15) is 0 Å². The number of benzene rings is 2. The lowest BCUT2D eigenvalue weighted by molar-refractivity contribution is -0.137. The van der Waals surface area contributed by atoms with Crippen LogP contribution in [0.1, 0.15) is 49.3 Å². The molecule has 0 aliphatic heterocycles. The van der Waals surface area contributed by atoms with Crippen molar-refractivity contribution >= 4 is 5.91 Å². The van der Waals surface area contributed by atoms with Crippen molar-refractivity contribution in [1.82, 2.24) is 4.90 Å². The van der Waals surface area contributed by atoms with E-state index in [9.17, 15) is 18.0 Å². The predicted molar refractivity (Wildman–Crippen MR) is 114 cm³/mol. The Morgan fingerprint density at radius 2 is 1.58 bits per heavy atom. The molecule has 0 atom stereocenters. The molecule has 0 fully saturated rings. The summed E-state index contributed by atoms with van der Waals surface area (Å²) in [5, 5.41) is 0. The molecule has 0 aliphatic rings. The Bertz CT molecular complexity index is 835. The van der Waals surface area contributed by atoms with Gasteiger partial charge in [-0.1, -0.05) is 38.0 Å². The zero-order chi connectivity index (χ0) is 22.9. The smallest absolute Gasteiger partial charge is 0.416 e. The number of rotatable bonds is 11. The van der Waals surface area contributed by atoms with Crippen molar-refractivity contribution < 1.29 is 27.4 Å². The Labute approximate surface area is 182 Å². The maximum atomic E-state index is 12.8. The molecule has 7 heteroatoms. The molecule has 2 aromatic carbocycles. The van der Waals surface area contributed by atoms with Crippen LogP contribution in [0.5, 0.6) is 11.5 Å². The van der Waals surface area contributed by atoms with Gasteiger partial charge in [0.25, 0.3) is 0 Å². The van der Waals surface area contributed by atoms with Crippen molar-refractivity contribution in [2.24, 2.45) is 0 Å². The van der Waals surface area contributed by atoms with Gasteiger partial charge in [-0.2, -0.15) is 13.2 Å². The first-order chi connectivity index (χ1) is 14.8. The van der Waals surface area contributed by atoms with Crippen molar-refractivity contribution in [3.05, 3.63) is 59.2 Å². The maximum Gasteiger partial charge on any atom is 0.416 e. The standard InChI is InChI=1S/C24H30F3NO3/c1-4-5-6-7-23(29)28(17-19-8-11-20(12-9-19)24(25,26)27)15-14-18-10-13-21(30-2)22(16-18)31-3/h8-13,16H,4-7,14-15,17H2,1-3H3. The molecule has 0 bridgehead atoms. The Balaban J connectivity index is 2.12. The van der Waals surface area contributed by atoms with E-state index in [-0.39, 0.29) is 12.5 Å². The second-order valence-electron chi connectivity index (χ2n) is 7.41. The molecule has 0 radical (unpaired) electrons. The highest BCUT2D eigenvalue weighted by Crippen LogP contribution is 2.30. The van der Waals surface area contributed by atoms with E-state index >= 15 is 0 Å². The average molecular weight is 438 g/mol. The van der Waals surface area contributed by atoms with Gasteiger partial charge in [0.2, 0.25) is 5.91 Å². The molecule has 0 unspecified atom stereocenters. The summed E-state index contributed by atoms with van der Waals surface area (Å²) in [5.41, 5.74) is 0.961. The number of carbonyl (C=O) groups is 1. The van der Waals surface area contributed by atoms with Gasteiger partial charge in [-0.15, -0.1) is 0 Å². The van der Waals surface area contributed by atoms with Crippen LogP contribution in [0.3, 0.4) is 0 Å². The summed E-state index contributed by atoms with van der Waals surface area (Å²) >= 11 is 0. The number of halogens is 3. The Hall–Kier alpha value is -2.70. The quantitative estimate of drug-likeness (QED) is 0.413. The molecular formula is C24H30F3NO3. The van der Waals surface area contributed by atoms with E-state index in [1.807, 2.05) is 18.2 Å². The van der Waals surface area contributed by atoms with E-state index in [2.05, 4.69) is 6.92 Å². The van der Waals surface area contributed by atoms with Crippen molar-refractivity contribution in [2.45, 2.75) is 51.7 Å². The highest BCUT2D eigenvalue weighted by molar-refractivity contribution is 5.76. The summed E-state index contributed by atoms with van der Waals surface area (Å²) in [4.78, 5) is 14.5. The first-order valence-corrected chi connectivity index (χ1v) is 10.4. The molecule has 0 heterocycles. The minimum absolute atomic E-state index is 0.00817. The van der Waals surface area contributed by atoms with Gasteiger partial charge in [-0.3, -0.25) is 4.79 Å². The molecule has 0 spiro atoms. The summed E-state index contributed by atoms with van der Waals surface area (Å²) in [6.07, 6.45) is -0.564. The van der Waals surface area contributed by atoms with Crippen molar-refractivity contribution in [3.63, 3.8) is 0 Å². The molecule has 170 valence electrons. The first kappa shape index (κ1) is 24.6. The SMILES string of the molecule is CCCCCC(=O)N(CCc1ccc(OC)c(OC)c1)Cc1ccc(C(F)(F)F)cc1. The van der Waals surface area contributed by atoms with E-state index in [0.29, 0.717) is 36.4 Å². The fourth-order valence-electron chi connectivity index (χ4n) is 3.30. The molecule has 0 aliphatic carbocycles. The number of carbonyl (C=O) groups excluding carboxylic acids is 1. The number of ether oxygens (including phenoxy) is 2. The molecule has 0 saturated carbocycles. The summed E-state index contributed by atoms with van der Waals surface area (Å²) in [6, 6.07) is 10.6. The van der Waals surface area contributed by atoms with Crippen LogP contribution in [-0.4, -0.2) is 31.6 Å². The third kappa shape index (κ3) is 7.49. The van der Waals surface area contributed by atoms with Crippen LogP contribution in [0, 0.1) is 0 Å². The van der Waals surface area contributed by atoms with E-state index in [0.717, 1.165) is 37.0 Å². The zero-order valence-electron chi connectivity index (χ0n) is 18.3. The zero-order valence-corrected chi connectivity index (χ0v) is 18.3. The van der Waals surface area contributed by atoms with Crippen molar-refractivity contribution in [1.29, 1.82) is 0 Å². The van der Waals surface area contributed by atoms with Crippen LogP contribution in [-0.2, 0) is 23.9 Å². The highest BCUT2D eigenvalue weighted by Gasteiger charge is 2.30. The lowest BCUT2D eigenvalue weighted by atomic mass is 10.1. The Morgan fingerprint density at radius 1 is 0.935 bits per heavy atom. The largest absolute Gasteiger partial charge is 0.493 e. The van der Waals surface area contributed by atoms with Gasteiger partial charge in [0, 0.05) is 19.5 Å². The molecule has 31 heavy (non-hydrogen) atoms. The average Bonchev–Trinajstić information content (AvgIpc) is 2.76. The Morgan fingerprint density at radius 3 is 2.16 bits per heavy atom. The summed E-state index contributed by atoms with van der Waals surface area (Å²) in [7, 11) is 3.13. The molecular weight excluding hydrogens is 407 g/mol. The normalized spacial score (nSPS) is 11.3. The van der Waals surface area contributed by atoms with Gasteiger partial charge in [-0.25, -0.2) is 0 Å². The molecule has 1 amide bonds. The second-order valence-corrected chi connectivity index (χ2v) is 7.41. The molecule has 4 nitrogen and oxygen atoms in total. The van der Waals surface area contributed by atoms with E-state index in [1.165, 1.54) is 12.1 Å². The molecule has 2 rings (SSSR count). The van der Waals surface area contributed by atoms with Crippen LogP contribution >= 0.6 is 0 Å². The van der Waals surface area contributed by atoms with E-state index in [1.54, 1.807) is 19.1 Å². The van der Waals surface area contributed by atoms with Crippen LogP contribution in [0.25, 0.3) is 0 Å². The number of methoxy groups -OCH3 is 2. The van der Waals surface area contributed by atoms with Gasteiger partial charge >= 0.3 is 6.18 Å². The molecule has 0 saturated heterocycles. The van der Waals surface area contributed by atoms with Crippen LogP contribution < -0.4 is 9.47 Å². The minimum Gasteiger partial charge on any atom is -0.493 e. The third-order valence-corrected chi connectivity index (χ3v) is 5.12. The molecule has 0 N–H and O–H groups in total. The monoisotopic (exact) mass is 437 g/mol. The number of amides is 1. The predicted octanol–water partition coefficient (Wildman–Crippen LogP) is 5.87. The van der Waals surface area contributed by atoms with Gasteiger partial charge in [0.15, 0.2) is 11.5 Å². The topological polar surface area (TPSA) is 38.8 Å². The van der Waals surface area contributed by atoms with E-state index < -0.39 is 11.7 Å². The van der Waals surface area contributed by atoms with E-state index in [4.69, 9.17) is 9.47 Å². The number of nitrogens with zero attached hydrogens (tertiary/aromatic N) is 1. The second kappa shape index (κ2) is 11.6.